The van der Waals surface area contributed by atoms with Crippen molar-refractivity contribution >= 4 is 6.03 Å². The lowest BCUT2D eigenvalue weighted by Gasteiger charge is -2.19. The van der Waals surface area contributed by atoms with Gasteiger partial charge >= 0.3 is 6.03 Å². The SMILES string of the molecule is NC(=O)N(O)[C@H]1CC[C@H](c2ccccc2)C1. The molecule has 0 bridgehead atoms. The van der Waals surface area contributed by atoms with E-state index >= 15 is 0 Å². The van der Waals surface area contributed by atoms with Crippen LogP contribution < -0.4 is 5.73 Å². The van der Waals surface area contributed by atoms with Crippen LogP contribution in [0.2, 0.25) is 0 Å². The van der Waals surface area contributed by atoms with Crippen LogP contribution in [0, 0.1) is 0 Å². The Kier molecular flexibility index (Phi) is 3.10. The third-order valence-electron chi connectivity index (χ3n) is 3.25. The molecule has 0 radical (unpaired) electrons. The van der Waals surface area contributed by atoms with Crippen molar-refractivity contribution in [2.75, 3.05) is 0 Å². The standard InChI is InChI=1S/C12H16N2O2/c13-12(15)14(16)11-7-6-10(8-11)9-4-2-1-3-5-9/h1-5,10-11,16H,6-8H2,(H2,13,15)/t10-,11-/m0/s1. The van der Waals surface area contributed by atoms with Crippen LogP contribution in [0.3, 0.4) is 0 Å². The molecule has 0 unspecified atom stereocenters. The molecule has 0 aromatic heterocycles. The number of hydrogen-bond acceptors (Lipinski definition) is 2. The molecule has 0 saturated heterocycles. The molecule has 0 spiro atoms. The molecular weight excluding hydrogens is 204 g/mol. The number of nitrogens with two attached hydrogens (primary N) is 1. The molecule has 2 atom stereocenters. The van der Waals surface area contributed by atoms with E-state index in [4.69, 9.17) is 5.73 Å². The third kappa shape index (κ3) is 2.17. The van der Waals surface area contributed by atoms with E-state index in [2.05, 4.69) is 12.1 Å². The van der Waals surface area contributed by atoms with E-state index in [0.29, 0.717) is 11.0 Å². The van der Waals surface area contributed by atoms with Gasteiger partial charge in [-0.15, -0.1) is 0 Å². The first kappa shape index (κ1) is 11.0. The van der Waals surface area contributed by atoms with Gasteiger partial charge in [0.1, 0.15) is 0 Å². The molecule has 1 aliphatic carbocycles. The summed E-state index contributed by atoms with van der Waals surface area (Å²) in [6, 6.07) is 9.26. The number of carbonyl (C=O) groups excluding carboxylic acids is 1. The van der Waals surface area contributed by atoms with Gasteiger partial charge in [-0.2, -0.15) is 0 Å². The Bertz CT molecular complexity index is 367. The quantitative estimate of drug-likeness (QED) is 0.592. The molecule has 1 aliphatic rings. The first-order valence-corrected chi connectivity index (χ1v) is 5.51. The molecule has 4 nitrogen and oxygen atoms in total. The van der Waals surface area contributed by atoms with Crippen molar-refractivity contribution in [1.82, 2.24) is 5.06 Å². The number of nitrogens with zero attached hydrogens (tertiary/aromatic N) is 1. The summed E-state index contributed by atoms with van der Waals surface area (Å²) in [4.78, 5) is 10.8. The number of amides is 2. The van der Waals surface area contributed by atoms with Crippen molar-refractivity contribution in [3.05, 3.63) is 35.9 Å². The van der Waals surface area contributed by atoms with Crippen LogP contribution in [0.25, 0.3) is 0 Å². The molecule has 0 heterocycles. The molecule has 2 rings (SSSR count). The van der Waals surface area contributed by atoms with Gasteiger partial charge < -0.3 is 5.73 Å². The van der Waals surface area contributed by atoms with E-state index in [9.17, 15) is 10.0 Å². The molecule has 1 aromatic rings. The Balaban J connectivity index is 2.01. The summed E-state index contributed by atoms with van der Waals surface area (Å²) in [5.41, 5.74) is 6.30. The van der Waals surface area contributed by atoms with Crippen molar-refractivity contribution in [3.63, 3.8) is 0 Å². The van der Waals surface area contributed by atoms with E-state index in [1.54, 1.807) is 0 Å². The lowest BCUT2D eigenvalue weighted by Crippen LogP contribution is -2.39. The maximum atomic E-state index is 10.8. The highest BCUT2D eigenvalue weighted by Gasteiger charge is 2.31. The molecule has 3 N–H and O–H groups in total. The summed E-state index contributed by atoms with van der Waals surface area (Å²) >= 11 is 0. The fourth-order valence-corrected chi connectivity index (χ4v) is 2.39. The molecule has 0 aliphatic heterocycles. The number of hydrogen-bond donors (Lipinski definition) is 2. The van der Waals surface area contributed by atoms with E-state index in [0.717, 1.165) is 19.3 Å². The first-order chi connectivity index (χ1) is 7.68. The second-order valence-electron chi connectivity index (χ2n) is 4.26. The average molecular weight is 220 g/mol. The predicted octanol–water partition coefficient (Wildman–Crippen LogP) is 2.09. The fraction of sp³-hybridized carbons (Fsp3) is 0.417. The van der Waals surface area contributed by atoms with Crippen LogP contribution in [0.1, 0.15) is 30.7 Å². The third-order valence-corrected chi connectivity index (χ3v) is 3.25. The Morgan fingerprint density at radius 2 is 2.00 bits per heavy atom. The Morgan fingerprint density at radius 3 is 2.62 bits per heavy atom. The second kappa shape index (κ2) is 4.53. The monoisotopic (exact) mass is 220 g/mol. The highest BCUT2D eigenvalue weighted by atomic mass is 16.5. The lowest BCUT2D eigenvalue weighted by molar-refractivity contribution is -0.0730. The molecule has 86 valence electrons. The van der Waals surface area contributed by atoms with E-state index in [1.807, 2.05) is 18.2 Å². The average Bonchev–Trinajstić information content (AvgIpc) is 2.78. The minimum atomic E-state index is -0.765. The largest absolute Gasteiger partial charge is 0.350 e. The normalized spacial score (nSPS) is 24.3. The summed E-state index contributed by atoms with van der Waals surface area (Å²) < 4.78 is 0. The Hall–Kier alpha value is -1.55. The molecule has 2 amide bonds. The van der Waals surface area contributed by atoms with Gasteiger partial charge in [0.2, 0.25) is 0 Å². The van der Waals surface area contributed by atoms with Crippen molar-refractivity contribution in [2.24, 2.45) is 5.73 Å². The topological polar surface area (TPSA) is 66.6 Å². The fourth-order valence-electron chi connectivity index (χ4n) is 2.39. The summed E-state index contributed by atoms with van der Waals surface area (Å²) in [7, 11) is 0. The van der Waals surface area contributed by atoms with Crippen LogP contribution in [-0.2, 0) is 0 Å². The molecule has 1 aromatic carbocycles. The van der Waals surface area contributed by atoms with Crippen molar-refractivity contribution in [2.45, 2.75) is 31.2 Å². The summed E-state index contributed by atoms with van der Waals surface area (Å²) in [6.07, 6.45) is 2.57. The number of primary amides is 1. The summed E-state index contributed by atoms with van der Waals surface area (Å²) in [5.74, 6) is 0.417. The van der Waals surface area contributed by atoms with Gasteiger partial charge in [0.05, 0.1) is 6.04 Å². The van der Waals surface area contributed by atoms with Gasteiger partial charge in [0.25, 0.3) is 0 Å². The minimum absolute atomic E-state index is 0.136. The van der Waals surface area contributed by atoms with Crippen molar-refractivity contribution in [1.29, 1.82) is 0 Å². The van der Waals surface area contributed by atoms with Gasteiger partial charge in [-0.3, -0.25) is 5.21 Å². The smallest absolute Gasteiger partial charge is 0.338 e. The minimum Gasteiger partial charge on any atom is -0.350 e. The van der Waals surface area contributed by atoms with E-state index in [-0.39, 0.29) is 6.04 Å². The van der Waals surface area contributed by atoms with Crippen LogP contribution >= 0.6 is 0 Å². The van der Waals surface area contributed by atoms with Crippen LogP contribution in [-0.4, -0.2) is 22.3 Å². The molecule has 1 saturated carbocycles. The number of rotatable bonds is 2. The number of benzene rings is 1. The number of hydroxylamine groups is 2. The maximum Gasteiger partial charge on any atom is 0.338 e. The summed E-state index contributed by atoms with van der Waals surface area (Å²) in [5, 5.41) is 10.1. The van der Waals surface area contributed by atoms with Gasteiger partial charge in [-0.05, 0) is 30.7 Å². The number of carbonyl (C=O) groups is 1. The first-order valence-electron chi connectivity index (χ1n) is 5.51. The van der Waals surface area contributed by atoms with Gasteiger partial charge in [0.15, 0.2) is 0 Å². The molecule has 1 fully saturated rings. The van der Waals surface area contributed by atoms with Gasteiger partial charge in [0, 0.05) is 0 Å². The zero-order valence-corrected chi connectivity index (χ0v) is 9.04. The zero-order chi connectivity index (χ0) is 11.5. The molecule has 16 heavy (non-hydrogen) atoms. The lowest BCUT2D eigenvalue weighted by atomic mass is 9.98. The summed E-state index contributed by atoms with van der Waals surface area (Å²) in [6.45, 7) is 0. The van der Waals surface area contributed by atoms with E-state index in [1.165, 1.54) is 5.56 Å². The zero-order valence-electron chi connectivity index (χ0n) is 9.04. The van der Waals surface area contributed by atoms with Gasteiger partial charge in [-0.1, -0.05) is 30.3 Å². The van der Waals surface area contributed by atoms with Crippen molar-refractivity contribution in [3.8, 4) is 0 Å². The highest BCUT2D eigenvalue weighted by Crippen LogP contribution is 2.36. The maximum absolute atomic E-state index is 10.8. The number of urea groups is 1. The molecule has 4 heteroatoms. The molecular formula is C12H16N2O2. The Morgan fingerprint density at radius 1 is 1.31 bits per heavy atom. The van der Waals surface area contributed by atoms with Crippen molar-refractivity contribution < 1.29 is 10.0 Å². The van der Waals surface area contributed by atoms with Gasteiger partial charge in [-0.25, -0.2) is 9.86 Å². The van der Waals surface area contributed by atoms with Crippen LogP contribution in [0.15, 0.2) is 30.3 Å². The van der Waals surface area contributed by atoms with Crippen LogP contribution in [0.4, 0.5) is 4.79 Å². The Labute approximate surface area is 94.6 Å². The van der Waals surface area contributed by atoms with Crippen LogP contribution in [0.5, 0.6) is 0 Å². The second-order valence-corrected chi connectivity index (χ2v) is 4.26. The van der Waals surface area contributed by atoms with E-state index < -0.39 is 6.03 Å². The highest BCUT2D eigenvalue weighted by molar-refractivity contribution is 5.70. The predicted molar refractivity (Wildman–Crippen MR) is 60.0 cm³/mol.